The van der Waals surface area contributed by atoms with Gasteiger partial charge in [0.05, 0.1) is 16.8 Å². The van der Waals surface area contributed by atoms with Gasteiger partial charge < -0.3 is 15.0 Å². The Morgan fingerprint density at radius 3 is 2.95 bits per heavy atom. The molecule has 0 saturated heterocycles. The third-order valence-electron chi connectivity index (χ3n) is 3.29. The van der Waals surface area contributed by atoms with Crippen LogP contribution in [0.1, 0.15) is 11.5 Å². The van der Waals surface area contributed by atoms with E-state index in [9.17, 15) is 4.79 Å². The Morgan fingerprint density at radius 2 is 2.16 bits per heavy atom. The Hall–Kier alpha value is -1.75. The molecule has 1 aliphatic heterocycles. The van der Waals surface area contributed by atoms with Crippen LogP contribution in [0.2, 0.25) is 0 Å². The van der Waals surface area contributed by atoms with E-state index >= 15 is 0 Å². The molecule has 0 amide bonds. The Labute approximate surface area is 118 Å². The van der Waals surface area contributed by atoms with Gasteiger partial charge in [0.2, 0.25) is 5.43 Å². The van der Waals surface area contributed by atoms with Gasteiger partial charge in [-0.15, -0.1) is 0 Å². The first-order valence-electron chi connectivity index (χ1n) is 6.02. The molecule has 2 heterocycles. The van der Waals surface area contributed by atoms with Crippen molar-refractivity contribution in [1.29, 1.82) is 0 Å². The summed E-state index contributed by atoms with van der Waals surface area (Å²) in [7, 11) is 0. The molecular formula is C14H13BrN2O2. The van der Waals surface area contributed by atoms with E-state index < -0.39 is 0 Å². The molecule has 2 N–H and O–H groups in total. The number of anilines is 1. The molecule has 1 aromatic heterocycles. The highest BCUT2D eigenvalue weighted by atomic mass is 79.9. The second kappa shape index (κ2) is 4.74. The summed E-state index contributed by atoms with van der Waals surface area (Å²) >= 11 is 3.23. The molecule has 1 unspecified atom stereocenters. The Kier molecular flexibility index (Phi) is 3.06. The number of nitrogens with two attached hydrogens (primary N) is 1. The molecule has 0 fully saturated rings. The van der Waals surface area contributed by atoms with Crippen molar-refractivity contribution in [2.24, 2.45) is 0 Å². The fraction of sp³-hybridized carbons (Fsp3) is 0.214. The number of nitrogen functional groups attached to an aromatic ring is 1. The van der Waals surface area contributed by atoms with Crippen LogP contribution in [0.4, 0.5) is 5.69 Å². The quantitative estimate of drug-likeness (QED) is 0.924. The predicted molar refractivity (Wildman–Crippen MR) is 77.5 cm³/mol. The number of rotatable bonds is 2. The summed E-state index contributed by atoms with van der Waals surface area (Å²) in [5.41, 5.74) is 6.98. The molecule has 1 aliphatic rings. The zero-order valence-corrected chi connectivity index (χ0v) is 11.8. The molecule has 0 bridgehead atoms. The van der Waals surface area contributed by atoms with Crippen LogP contribution in [0.25, 0.3) is 0 Å². The second-order valence-electron chi connectivity index (χ2n) is 4.63. The van der Waals surface area contributed by atoms with Crippen LogP contribution in [0.3, 0.4) is 0 Å². The number of pyridine rings is 1. The van der Waals surface area contributed by atoms with Gasteiger partial charge in [-0.05, 0) is 22.0 Å². The first-order chi connectivity index (χ1) is 9.15. The lowest BCUT2D eigenvalue weighted by molar-refractivity contribution is 0.319. The van der Waals surface area contributed by atoms with Crippen LogP contribution in [0.15, 0.2) is 45.9 Å². The zero-order valence-electron chi connectivity index (χ0n) is 10.2. The summed E-state index contributed by atoms with van der Waals surface area (Å²) < 4.78 is 8.06. The molecular weight excluding hydrogens is 308 g/mol. The molecule has 1 atom stereocenters. The molecule has 4 nitrogen and oxygen atoms in total. The van der Waals surface area contributed by atoms with Crippen LogP contribution < -0.4 is 15.9 Å². The summed E-state index contributed by atoms with van der Waals surface area (Å²) in [5.74, 6) is 1.23. The summed E-state index contributed by atoms with van der Waals surface area (Å²) in [6.07, 6.45) is 3.44. The molecule has 0 spiro atoms. The average molecular weight is 321 g/mol. The summed E-state index contributed by atoms with van der Waals surface area (Å²) in [6.45, 7) is 1.39. The predicted octanol–water partition coefficient (Wildman–Crippen LogP) is 2.37. The van der Waals surface area contributed by atoms with Crippen molar-refractivity contribution in [2.75, 3.05) is 12.3 Å². The summed E-state index contributed by atoms with van der Waals surface area (Å²) in [5, 5.41) is 0. The van der Waals surface area contributed by atoms with Gasteiger partial charge in [0.1, 0.15) is 5.75 Å². The van der Waals surface area contributed by atoms with Crippen molar-refractivity contribution < 1.29 is 4.74 Å². The van der Waals surface area contributed by atoms with E-state index in [0.29, 0.717) is 11.1 Å². The lowest BCUT2D eigenvalue weighted by atomic mass is 10.0. The molecule has 3 rings (SSSR count). The topological polar surface area (TPSA) is 57.2 Å². The van der Waals surface area contributed by atoms with E-state index in [-0.39, 0.29) is 17.0 Å². The largest absolute Gasteiger partial charge is 0.493 e. The summed E-state index contributed by atoms with van der Waals surface area (Å²) in [6, 6.07) is 8.03. The standard InChI is InChI=1S/C14H13BrN2O2/c15-11-6-17(7-12(16)14(11)18)5-9-8-19-13-4-2-1-3-10(9)13/h1-4,6-7,9H,5,8,16H2. The van der Waals surface area contributed by atoms with Crippen molar-refractivity contribution in [3.8, 4) is 5.75 Å². The fourth-order valence-corrected chi connectivity index (χ4v) is 2.85. The maximum Gasteiger partial charge on any atom is 0.218 e. The molecule has 0 aliphatic carbocycles. The Morgan fingerprint density at radius 1 is 1.37 bits per heavy atom. The molecule has 0 saturated carbocycles. The maximum atomic E-state index is 11.5. The van der Waals surface area contributed by atoms with E-state index in [2.05, 4.69) is 22.0 Å². The monoisotopic (exact) mass is 320 g/mol. The highest BCUT2D eigenvalue weighted by molar-refractivity contribution is 9.10. The number of hydrogen-bond donors (Lipinski definition) is 1. The van der Waals surface area contributed by atoms with Crippen LogP contribution >= 0.6 is 15.9 Å². The maximum absolute atomic E-state index is 11.5. The second-order valence-corrected chi connectivity index (χ2v) is 5.49. The van der Waals surface area contributed by atoms with Crippen molar-refractivity contribution >= 4 is 21.6 Å². The third kappa shape index (κ3) is 2.26. The number of hydrogen-bond acceptors (Lipinski definition) is 3. The van der Waals surface area contributed by atoms with Gasteiger partial charge in [0, 0.05) is 30.4 Å². The smallest absolute Gasteiger partial charge is 0.218 e. The first-order valence-corrected chi connectivity index (χ1v) is 6.81. The van der Waals surface area contributed by atoms with E-state index in [1.165, 1.54) is 5.56 Å². The number of ether oxygens (including phenoxy) is 1. The molecule has 0 radical (unpaired) electrons. The zero-order chi connectivity index (χ0) is 13.4. The van der Waals surface area contributed by atoms with E-state index in [0.717, 1.165) is 12.3 Å². The highest BCUT2D eigenvalue weighted by Crippen LogP contribution is 2.34. The van der Waals surface area contributed by atoms with Gasteiger partial charge in [0.15, 0.2) is 0 Å². The Balaban J connectivity index is 1.90. The van der Waals surface area contributed by atoms with Crippen LogP contribution in [0.5, 0.6) is 5.75 Å². The van der Waals surface area contributed by atoms with Crippen molar-refractivity contribution in [3.05, 3.63) is 56.9 Å². The van der Waals surface area contributed by atoms with Gasteiger partial charge in [-0.3, -0.25) is 4.79 Å². The van der Waals surface area contributed by atoms with E-state index in [4.69, 9.17) is 10.5 Å². The Bertz CT molecular complexity index is 655. The average Bonchev–Trinajstić information content (AvgIpc) is 2.79. The normalized spacial score (nSPS) is 17.0. The lowest BCUT2D eigenvalue weighted by Crippen LogP contribution is -2.16. The van der Waals surface area contributed by atoms with Gasteiger partial charge >= 0.3 is 0 Å². The van der Waals surface area contributed by atoms with Crippen molar-refractivity contribution in [3.63, 3.8) is 0 Å². The SMILES string of the molecule is Nc1cn(CC2COc3ccccc32)cc(Br)c1=O. The van der Waals surface area contributed by atoms with Gasteiger partial charge in [-0.1, -0.05) is 18.2 Å². The van der Waals surface area contributed by atoms with Crippen LogP contribution in [-0.2, 0) is 6.54 Å². The molecule has 5 heteroatoms. The number of aromatic nitrogens is 1. The molecule has 2 aromatic rings. The van der Waals surface area contributed by atoms with Crippen molar-refractivity contribution in [2.45, 2.75) is 12.5 Å². The van der Waals surface area contributed by atoms with E-state index in [1.54, 1.807) is 12.4 Å². The number of fused-ring (bicyclic) bond motifs is 1. The molecule has 98 valence electrons. The van der Waals surface area contributed by atoms with Crippen LogP contribution in [-0.4, -0.2) is 11.2 Å². The highest BCUT2D eigenvalue weighted by Gasteiger charge is 2.23. The molecule has 19 heavy (non-hydrogen) atoms. The number of benzene rings is 1. The minimum absolute atomic E-state index is 0.167. The minimum Gasteiger partial charge on any atom is -0.493 e. The number of nitrogens with zero attached hydrogens (tertiary/aromatic N) is 1. The van der Waals surface area contributed by atoms with E-state index in [1.807, 2.05) is 22.8 Å². The lowest BCUT2D eigenvalue weighted by Gasteiger charge is -2.13. The first kappa shape index (κ1) is 12.3. The van der Waals surface area contributed by atoms with Gasteiger partial charge in [-0.25, -0.2) is 0 Å². The van der Waals surface area contributed by atoms with Crippen molar-refractivity contribution in [1.82, 2.24) is 4.57 Å². The third-order valence-corrected chi connectivity index (χ3v) is 3.86. The molecule has 1 aromatic carbocycles. The minimum atomic E-state index is -0.167. The van der Waals surface area contributed by atoms with Gasteiger partial charge in [-0.2, -0.15) is 0 Å². The van der Waals surface area contributed by atoms with Gasteiger partial charge in [0.25, 0.3) is 0 Å². The number of halogens is 1. The fourth-order valence-electron chi connectivity index (χ4n) is 2.36. The number of para-hydroxylation sites is 1. The van der Waals surface area contributed by atoms with Crippen LogP contribution in [0, 0.1) is 0 Å². The summed E-state index contributed by atoms with van der Waals surface area (Å²) in [4.78, 5) is 11.5.